The molecule has 1 heterocycles. The molecule has 0 aliphatic carbocycles. The molecule has 88 valence electrons. The highest BCUT2D eigenvalue weighted by Gasteiger charge is 2.09. The van der Waals surface area contributed by atoms with Crippen LogP contribution in [0.4, 0.5) is 0 Å². The summed E-state index contributed by atoms with van der Waals surface area (Å²) in [6.45, 7) is 1.52. The minimum absolute atomic E-state index is 0.00195. The lowest BCUT2D eigenvalue weighted by atomic mass is 10.1. The quantitative estimate of drug-likeness (QED) is 0.803. The number of hydrogen-bond donors (Lipinski definition) is 0. The fourth-order valence-electron chi connectivity index (χ4n) is 1.28. The molecule has 0 spiro atoms. The first-order valence-corrected chi connectivity index (χ1v) is 6.09. The zero-order valence-electron chi connectivity index (χ0n) is 9.35. The Balaban J connectivity index is 2.29. The molecule has 0 radical (unpaired) electrons. The number of benzene rings is 1. The van der Waals surface area contributed by atoms with E-state index in [4.69, 9.17) is 11.6 Å². The first-order valence-electron chi connectivity index (χ1n) is 4.90. The second-order valence-corrected chi connectivity index (χ2v) is 4.89. The van der Waals surface area contributed by atoms with Gasteiger partial charge in [0.2, 0.25) is 0 Å². The molecular formula is C11H10ClN3OS. The summed E-state index contributed by atoms with van der Waals surface area (Å²) < 4.78 is 1.67. The monoisotopic (exact) mass is 267 g/mol. The van der Waals surface area contributed by atoms with Crippen molar-refractivity contribution in [2.24, 2.45) is 7.05 Å². The summed E-state index contributed by atoms with van der Waals surface area (Å²) in [5, 5.41) is 5.27. The van der Waals surface area contributed by atoms with Crippen LogP contribution in [0.25, 0.3) is 0 Å². The first-order chi connectivity index (χ1) is 8.08. The minimum atomic E-state index is 0.00195. The molecule has 6 heteroatoms. The lowest BCUT2D eigenvalue weighted by Gasteiger charge is -2.04. The van der Waals surface area contributed by atoms with Crippen LogP contribution in [0.5, 0.6) is 0 Å². The van der Waals surface area contributed by atoms with E-state index >= 15 is 0 Å². The van der Waals surface area contributed by atoms with Crippen molar-refractivity contribution in [3.05, 3.63) is 35.1 Å². The summed E-state index contributed by atoms with van der Waals surface area (Å²) in [6, 6.07) is 5.24. The Kier molecular flexibility index (Phi) is 3.49. The number of aryl methyl sites for hydroxylation is 1. The Hall–Kier alpha value is -1.33. The first kappa shape index (κ1) is 12.1. The SMILES string of the molecule is CC(=O)c1ccc(Sc2ncnn2C)c(Cl)c1. The van der Waals surface area contributed by atoms with E-state index in [2.05, 4.69) is 10.1 Å². The summed E-state index contributed by atoms with van der Waals surface area (Å²) >= 11 is 7.53. The maximum Gasteiger partial charge on any atom is 0.190 e. The molecule has 17 heavy (non-hydrogen) atoms. The summed E-state index contributed by atoms with van der Waals surface area (Å²) in [5.74, 6) is 0.00195. The van der Waals surface area contributed by atoms with Crippen LogP contribution in [0.1, 0.15) is 17.3 Å². The van der Waals surface area contributed by atoms with Gasteiger partial charge in [-0.2, -0.15) is 5.10 Å². The highest BCUT2D eigenvalue weighted by molar-refractivity contribution is 7.99. The van der Waals surface area contributed by atoms with Gasteiger partial charge in [0, 0.05) is 17.5 Å². The number of rotatable bonds is 3. The van der Waals surface area contributed by atoms with Crippen LogP contribution in [0.3, 0.4) is 0 Å². The predicted molar refractivity (Wildman–Crippen MR) is 66.6 cm³/mol. The van der Waals surface area contributed by atoms with Gasteiger partial charge in [0.15, 0.2) is 10.9 Å². The van der Waals surface area contributed by atoms with E-state index in [-0.39, 0.29) is 5.78 Å². The fourth-order valence-corrected chi connectivity index (χ4v) is 2.34. The number of aromatic nitrogens is 3. The van der Waals surface area contributed by atoms with Gasteiger partial charge in [0.1, 0.15) is 6.33 Å². The molecule has 2 aromatic rings. The largest absolute Gasteiger partial charge is 0.295 e. The zero-order valence-corrected chi connectivity index (χ0v) is 10.9. The Bertz CT molecular complexity index is 568. The van der Waals surface area contributed by atoms with Crippen molar-refractivity contribution in [3.8, 4) is 0 Å². The van der Waals surface area contributed by atoms with Gasteiger partial charge in [-0.15, -0.1) is 0 Å². The Morgan fingerprint density at radius 3 is 2.76 bits per heavy atom. The van der Waals surface area contributed by atoms with Crippen LogP contribution in [0, 0.1) is 0 Å². The molecule has 0 atom stereocenters. The van der Waals surface area contributed by atoms with E-state index < -0.39 is 0 Å². The molecule has 0 N–H and O–H groups in total. The number of Topliss-reactive ketones (excluding diaryl/α,β-unsaturated/α-hetero) is 1. The van der Waals surface area contributed by atoms with Crippen molar-refractivity contribution in [2.75, 3.05) is 0 Å². The van der Waals surface area contributed by atoms with Crippen LogP contribution in [-0.2, 0) is 7.05 Å². The number of carbonyl (C=O) groups excluding carboxylic acids is 1. The van der Waals surface area contributed by atoms with Crippen molar-refractivity contribution >= 4 is 29.1 Å². The van der Waals surface area contributed by atoms with E-state index in [1.807, 2.05) is 13.1 Å². The van der Waals surface area contributed by atoms with Crippen molar-refractivity contribution in [1.29, 1.82) is 0 Å². The maximum absolute atomic E-state index is 11.2. The molecule has 2 rings (SSSR count). The van der Waals surface area contributed by atoms with Crippen molar-refractivity contribution in [2.45, 2.75) is 17.0 Å². The molecule has 4 nitrogen and oxygen atoms in total. The smallest absolute Gasteiger partial charge is 0.190 e. The van der Waals surface area contributed by atoms with Gasteiger partial charge in [0.25, 0.3) is 0 Å². The summed E-state index contributed by atoms with van der Waals surface area (Å²) in [4.78, 5) is 16.1. The van der Waals surface area contributed by atoms with Crippen LogP contribution in [0.2, 0.25) is 5.02 Å². The highest BCUT2D eigenvalue weighted by atomic mass is 35.5. The third kappa shape index (κ3) is 2.68. The van der Waals surface area contributed by atoms with Gasteiger partial charge in [-0.25, -0.2) is 9.67 Å². The number of nitrogens with zero attached hydrogens (tertiary/aromatic N) is 3. The lowest BCUT2D eigenvalue weighted by molar-refractivity contribution is 0.101. The Morgan fingerprint density at radius 1 is 1.47 bits per heavy atom. The number of hydrogen-bond acceptors (Lipinski definition) is 4. The highest BCUT2D eigenvalue weighted by Crippen LogP contribution is 2.32. The van der Waals surface area contributed by atoms with E-state index in [0.717, 1.165) is 10.1 Å². The number of ketones is 1. The zero-order chi connectivity index (χ0) is 12.4. The second-order valence-electron chi connectivity index (χ2n) is 3.47. The van der Waals surface area contributed by atoms with Crippen molar-refractivity contribution in [1.82, 2.24) is 14.8 Å². The van der Waals surface area contributed by atoms with Crippen LogP contribution >= 0.6 is 23.4 Å². The molecular weight excluding hydrogens is 258 g/mol. The average Bonchev–Trinajstić information content (AvgIpc) is 2.67. The van der Waals surface area contributed by atoms with Crippen LogP contribution < -0.4 is 0 Å². The summed E-state index contributed by atoms with van der Waals surface area (Å²) in [6.07, 6.45) is 1.49. The fraction of sp³-hybridized carbons (Fsp3) is 0.182. The van der Waals surface area contributed by atoms with Crippen LogP contribution in [-0.4, -0.2) is 20.5 Å². The number of carbonyl (C=O) groups is 1. The summed E-state index contributed by atoms with van der Waals surface area (Å²) in [7, 11) is 1.81. The lowest BCUT2D eigenvalue weighted by Crippen LogP contribution is -1.94. The molecule has 0 saturated carbocycles. The minimum Gasteiger partial charge on any atom is -0.295 e. The van der Waals surface area contributed by atoms with E-state index in [9.17, 15) is 4.79 Å². The molecule has 0 aliphatic rings. The third-order valence-corrected chi connectivity index (χ3v) is 3.76. The standard InChI is InChI=1S/C11H10ClN3OS/c1-7(16)8-3-4-10(9(12)5-8)17-11-13-6-14-15(11)2/h3-6H,1-2H3. The van der Waals surface area contributed by atoms with Gasteiger partial charge in [-0.05, 0) is 30.8 Å². The molecule has 1 aromatic carbocycles. The average molecular weight is 268 g/mol. The normalized spacial score (nSPS) is 10.5. The molecule has 0 unspecified atom stereocenters. The third-order valence-electron chi connectivity index (χ3n) is 2.21. The van der Waals surface area contributed by atoms with E-state index in [1.54, 1.807) is 16.8 Å². The Labute approximate surface area is 108 Å². The number of halogens is 1. The maximum atomic E-state index is 11.2. The van der Waals surface area contributed by atoms with Gasteiger partial charge < -0.3 is 0 Å². The predicted octanol–water partition coefficient (Wildman–Crippen LogP) is 2.82. The summed E-state index contributed by atoms with van der Waals surface area (Å²) in [5.41, 5.74) is 0.609. The van der Waals surface area contributed by atoms with Crippen molar-refractivity contribution in [3.63, 3.8) is 0 Å². The molecule has 0 aliphatic heterocycles. The molecule has 0 fully saturated rings. The van der Waals surface area contributed by atoms with E-state index in [0.29, 0.717) is 10.6 Å². The van der Waals surface area contributed by atoms with Gasteiger partial charge in [-0.3, -0.25) is 4.79 Å². The molecule has 0 amide bonds. The second kappa shape index (κ2) is 4.89. The molecule has 0 bridgehead atoms. The van der Waals surface area contributed by atoms with Crippen LogP contribution in [0.15, 0.2) is 34.6 Å². The van der Waals surface area contributed by atoms with Gasteiger partial charge >= 0.3 is 0 Å². The van der Waals surface area contributed by atoms with Crippen molar-refractivity contribution < 1.29 is 4.79 Å². The van der Waals surface area contributed by atoms with E-state index in [1.165, 1.54) is 25.0 Å². The van der Waals surface area contributed by atoms with Gasteiger partial charge in [0.05, 0.1) is 5.02 Å². The topological polar surface area (TPSA) is 47.8 Å². The van der Waals surface area contributed by atoms with Gasteiger partial charge in [-0.1, -0.05) is 17.7 Å². The molecule has 0 saturated heterocycles. The molecule has 1 aromatic heterocycles. The Morgan fingerprint density at radius 2 is 2.24 bits per heavy atom.